The molecule has 1 saturated carbocycles. The van der Waals surface area contributed by atoms with Crippen LogP contribution in [0.3, 0.4) is 0 Å². The van der Waals surface area contributed by atoms with E-state index in [9.17, 15) is 8.42 Å². The molecule has 0 atom stereocenters. The molecule has 1 aromatic carbocycles. The Morgan fingerprint density at radius 1 is 1.12 bits per heavy atom. The lowest BCUT2D eigenvalue weighted by atomic mass is 9.96. The fourth-order valence-corrected chi connectivity index (χ4v) is 3.84. The number of nitrogens with zero attached hydrogens (tertiary/aromatic N) is 1. The topological polar surface area (TPSA) is 37.4 Å². The molecule has 0 radical (unpaired) electrons. The number of hydrogen-bond donors (Lipinski definition) is 0. The van der Waals surface area contributed by atoms with E-state index in [2.05, 4.69) is 5.73 Å². The molecule has 0 heterocycles. The molecule has 4 heteroatoms. The lowest BCUT2D eigenvalue weighted by molar-refractivity contribution is 0.521. The normalized spacial score (nSPS) is 14.7. The molecular formula is C20H27NO2S. The van der Waals surface area contributed by atoms with Gasteiger partial charge in [0.2, 0.25) is 0 Å². The number of rotatable bonds is 5. The van der Waals surface area contributed by atoms with Crippen LogP contribution in [0.2, 0.25) is 0 Å². The van der Waals surface area contributed by atoms with E-state index in [1.807, 2.05) is 39.0 Å². The fourth-order valence-electron chi connectivity index (χ4n) is 2.62. The van der Waals surface area contributed by atoms with E-state index in [-0.39, 0.29) is 0 Å². The van der Waals surface area contributed by atoms with E-state index < -0.39 is 10.0 Å². The summed E-state index contributed by atoms with van der Waals surface area (Å²) in [5.74, 6) is 0. The summed E-state index contributed by atoms with van der Waals surface area (Å²) in [5, 5.41) is 0. The maximum atomic E-state index is 12.9. The number of sulfonamides is 1. The molecule has 1 aliphatic carbocycles. The summed E-state index contributed by atoms with van der Waals surface area (Å²) >= 11 is 0. The third-order valence-corrected chi connectivity index (χ3v) is 5.92. The highest BCUT2D eigenvalue weighted by Gasteiger charge is 2.20. The summed E-state index contributed by atoms with van der Waals surface area (Å²) in [4.78, 5) is 0.321. The minimum Gasteiger partial charge on any atom is -0.262 e. The SMILES string of the molecule is CC(C)=CCN(C=C=C1CCCCC1)S(=O)(=O)c1ccc(C)cc1. The van der Waals surface area contributed by atoms with E-state index in [4.69, 9.17) is 0 Å². The molecule has 0 amide bonds. The van der Waals surface area contributed by atoms with Crippen molar-refractivity contribution in [1.82, 2.24) is 4.31 Å². The Morgan fingerprint density at radius 3 is 2.33 bits per heavy atom. The predicted octanol–water partition coefficient (Wildman–Crippen LogP) is 4.96. The summed E-state index contributed by atoms with van der Waals surface area (Å²) in [6.07, 6.45) is 9.21. The molecule has 0 aliphatic heterocycles. The maximum absolute atomic E-state index is 12.9. The molecule has 2 rings (SSSR count). The Bertz CT molecular complexity index is 739. The summed E-state index contributed by atoms with van der Waals surface area (Å²) in [6.45, 7) is 6.23. The summed E-state index contributed by atoms with van der Waals surface area (Å²) in [7, 11) is -3.56. The molecule has 1 aromatic rings. The van der Waals surface area contributed by atoms with Gasteiger partial charge in [-0.3, -0.25) is 4.31 Å². The third-order valence-electron chi connectivity index (χ3n) is 4.18. The van der Waals surface area contributed by atoms with E-state index in [1.54, 1.807) is 18.3 Å². The van der Waals surface area contributed by atoms with Gasteiger partial charge in [0, 0.05) is 0 Å². The number of hydrogen-bond acceptors (Lipinski definition) is 2. The van der Waals surface area contributed by atoms with Crippen LogP contribution in [-0.2, 0) is 10.0 Å². The molecule has 0 saturated heterocycles. The van der Waals surface area contributed by atoms with Crippen molar-refractivity contribution in [2.24, 2.45) is 0 Å². The summed E-state index contributed by atoms with van der Waals surface area (Å²) < 4.78 is 27.3. The second-order valence-electron chi connectivity index (χ2n) is 6.61. The van der Waals surface area contributed by atoms with Crippen molar-refractivity contribution >= 4 is 10.0 Å². The molecule has 0 unspecified atom stereocenters. The Morgan fingerprint density at radius 2 is 1.75 bits per heavy atom. The third kappa shape index (κ3) is 5.12. The van der Waals surface area contributed by atoms with Crippen molar-refractivity contribution in [3.63, 3.8) is 0 Å². The van der Waals surface area contributed by atoms with Gasteiger partial charge in [-0.1, -0.05) is 35.8 Å². The first-order chi connectivity index (χ1) is 11.4. The van der Waals surface area contributed by atoms with Gasteiger partial charge in [-0.25, -0.2) is 8.42 Å². The lowest BCUT2D eigenvalue weighted by Gasteiger charge is -2.19. The van der Waals surface area contributed by atoms with Crippen LogP contribution in [-0.4, -0.2) is 19.3 Å². The van der Waals surface area contributed by atoms with Gasteiger partial charge in [-0.15, -0.1) is 5.73 Å². The molecule has 24 heavy (non-hydrogen) atoms. The van der Waals surface area contributed by atoms with Gasteiger partial charge in [0.25, 0.3) is 10.0 Å². The minimum atomic E-state index is -3.56. The molecule has 1 fully saturated rings. The van der Waals surface area contributed by atoms with Gasteiger partial charge in [0.1, 0.15) is 0 Å². The highest BCUT2D eigenvalue weighted by atomic mass is 32.2. The van der Waals surface area contributed by atoms with Crippen LogP contribution in [0.15, 0.2) is 58.3 Å². The van der Waals surface area contributed by atoms with Gasteiger partial charge in [0.05, 0.1) is 17.6 Å². The van der Waals surface area contributed by atoms with Crippen LogP contribution >= 0.6 is 0 Å². The Labute approximate surface area is 146 Å². The molecule has 0 spiro atoms. The maximum Gasteiger partial charge on any atom is 0.264 e. The number of benzene rings is 1. The average Bonchev–Trinajstić information content (AvgIpc) is 2.55. The number of aryl methyl sites for hydroxylation is 1. The first-order valence-electron chi connectivity index (χ1n) is 8.56. The van der Waals surface area contributed by atoms with E-state index in [0.717, 1.165) is 24.0 Å². The van der Waals surface area contributed by atoms with Crippen molar-refractivity contribution < 1.29 is 8.42 Å². The molecule has 130 valence electrons. The minimum absolute atomic E-state index is 0.321. The summed E-state index contributed by atoms with van der Waals surface area (Å²) in [6, 6.07) is 6.99. The first-order valence-corrected chi connectivity index (χ1v) is 10.00. The van der Waals surface area contributed by atoms with E-state index in [0.29, 0.717) is 11.4 Å². The summed E-state index contributed by atoms with van der Waals surface area (Å²) in [5.41, 5.74) is 6.61. The first kappa shape index (κ1) is 18.6. The van der Waals surface area contributed by atoms with Crippen molar-refractivity contribution in [2.75, 3.05) is 6.54 Å². The molecule has 0 aromatic heterocycles. The highest BCUT2D eigenvalue weighted by molar-refractivity contribution is 7.89. The Kier molecular flexibility index (Phi) is 6.47. The van der Waals surface area contributed by atoms with Crippen molar-refractivity contribution in [2.45, 2.75) is 57.8 Å². The lowest BCUT2D eigenvalue weighted by Crippen LogP contribution is -2.26. The Hall–Kier alpha value is -1.77. The van der Waals surface area contributed by atoms with Crippen LogP contribution in [0.4, 0.5) is 0 Å². The van der Waals surface area contributed by atoms with Crippen molar-refractivity contribution in [3.8, 4) is 0 Å². The zero-order valence-corrected chi connectivity index (χ0v) is 15.7. The van der Waals surface area contributed by atoms with Crippen LogP contribution in [0, 0.1) is 6.92 Å². The molecule has 0 N–H and O–H groups in total. The van der Waals surface area contributed by atoms with Gasteiger partial charge >= 0.3 is 0 Å². The fraction of sp³-hybridized carbons (Fsp3) is 0.450. The zero-order valence-electron chi connectivity index (χ0n) is 14.9. The monoisotopic (exact) mass is 345 g/mol. The predicted molar refractivity (Wildman–Crippen MR) is 99.2 cm³/mol. The van der Waals surface area contributed by atoms with E-state index in [1.165, 1.54) is 29.1 Å². The van der Waals surface area contributed by atoms with E-state index >= 15 is 0 Å². The highest BCUT2D eigenvalue weighted by Crippen LogP contribution is 2.22. The molecule has 1 aliphatic rings. The number of allylic oxidation sites excluding steroid dienone is 2. The van der Waals surface area contributed by atoms with Gasteiger partial charge in [-0.05, 0) is 64.2 Å². The Balaban J connectivity index is 2.35. The zero-order chi connectivity index (χ0) is 17.6. The molecule has 3 nitrogen and oxygen atoms in total. The van der Waals surface area contributed by atoms with Crippen LogP contribution in [0.1, 0.15) is 51.5 Å². The molecular weight excluding hydrogens is 318 g/mol. The van der Waals surface area contributed by atoms with Gasteiger partial charge < -0.3 is 0 Å². The second kappa shape index (κ2) is 8.36. The molecule has 0 bridgehead atoms. The largest absolute Gasteiger partial charge is 0.264 e. The second-order valence-corrected chi connectivity index (χ2v) is 8.50. The standard InChI is InChI=1S/C20H27NO2S/c1-17(2)13-15-21(16-14-19-7-5-4-6-8-19)24(22,23)20-11-9-18(3)10-12-20/h9-13,16H,4-8,15H2,1-3H3. The quantitative estimate of drug-likeness (QED) is 0.559. The van der Waals surface area contributed by atoms with Crippen molar-refractivity contribution in [1.29, 1.82) is 0 Å². The van der Waals surface area contributed by atoms with Crippen molar-refractivity contribution in [3.05, 3.63) is 59.0 Å². The average molecular weight is 346 g/mol. The van der Waals surface area contributed by atoms with Gasteiger partial charge in [0.15, 0.2) is 0 Å². The van der Waals surface area contributed by atoms with Crippen LogP contribution < -0.4 is 0 Å². The van der Waals surface area contributed by atoms with Crippen LogP contribution in [0.5, 0.6) is 0 Å². The smallest absolute Gasteiger partial charge is 0.262 e. The van der Waals surface area contributed by atoms with Crippen LogP contribution in [0.25, 0.3) is 0 Å². The van der Waals surface area contributed by atoms with Gasteiger partial charge in [-0.2, -0.15) is 0 Å².